The minimum absolute atomic E-state index is 0.687. The van der Waals surface area contributed by atoms with E-state index >= 15 is 0 Å². The lowest BCUT2D eigenvalue weighted by Crippen LogP contribution is -2.52. The monoisotopic (exact) mass is 700 g/mol. The van der Waals surface area contributed by atoms with Gasteiger partial charge in [0.25, 0.3) is 13.4 Å². The molecular formula is C29H23Cl7Si3. The Labute approximate surface area is 265 Å². The lowest BCUT2D eigenvalue weighted by molar-refractivity contribution is 1.60. The molecule has 0 nitrogen and oxygen atoms in total. The molecule has 0 aliphatic carbocycles. The SMILES string of the molecule is Cl[Si](Cl)(Cl)C([Si](Cl)(Cl)C(=Cc1ccccc1)c1ccccc1)[Si](Cl)(Cl)C(=Cc1ccccc1)c1ccccc1. The van der Waals surface area contributed by atoms with Crippen molar-refractivity contribution in [3.05, 3.63) is 144 Å². The van der Waals surface area contributed by atoms with E-state index in [0.717, 1.165) is 22.3 Å². The first kappa shape index (κ1) is 31.0. The van der Waals surface area contributed by atoms with Crippen molar-refractivity contribution in [3.8, 4) is 0 Å². The molecule has 0 heterocycles. The molecule has 0 aliphatic heterocycles. The minimum Gasteiger partial charge on any atom is -0.140 e. The topological polar surface area (TPSA) is 0 Å². The Hall–Kier alpha value is -0.959. The van der Waals surface area contributed by atoms with E-state index in [1.165, 1.54) is 0 Å². The van der Waals surface area contributed by atoms with Crippen LogP contribution in [0.25, 0.3) is 22.5 Å². The van der Waals surface area contributed by atoms with Gasteiger partial charge in [-0.05, 0) is 32.6 Å². The fraction of sp³-hybridized carbons (Fsp3) is 0.0345. The number of rotatable bonds is 9. The van der Waals surface area contributed by atoms with E-state index in [1.807, 2.05) is 133 Å². The Bertz CT molecular complexity index is 1320. The molecule has 0 spiro atoms. The number of hydrogen-bond donors (Lipinski definition) is 0. The summed E-state index contributed by atoms with van der Waals surface area (Å²) in [6.07, 6.45) is 3.92. The Morgan fingerprint density at radius 3 is 1.00 bits per heavy atom. The van der Waals surface area contributed by atoms with Gasteiger partial charge in [0.05, 0.1) is 0 Å². The van der Waals surface area contributed by atoms with Crippen molar-refractivity contribution in [1.29, 1.82) is 0 Å². The fourth-order valence-electron chi connectivity index (χ4n) is 4.36. The summed E-state index contributed by atoms with van der Waals surface area (Å²) >= 11 is 50.7. The molecular weight excluding hydrogens is 681 g/mol. The predicted molar refractivity (Wildman–Crippen MR) is 183 cm³/mol. The van der Waals surface area contributed by atoms with Crippen LogP contribution in [0.2, 0.25) is 4.79 Å². The summed E-state index contributed by atoms with van der Waals surface area (Å²) in [4.78, 5) is -0.931. The summed E-state index contributed by atoms with van der Waals surface area (Å²) in [6.45, 7) is -7.48. The average molecular weight is 704 g/mol. The molecule has 0 aromatic heterocycles. The first-order valence-corrected chi connectivity index (χ1v) is 25.3. The summed E-state index contributed by atoms with van der Waals surface area (Å²) in [5.74, 6) is 0. The predicted octanol–water partition coefficient (Wildman–Crippen LogP) is 11.5. The minimum atomic E-state index is -3.75. The van der Waals surface area contributed by atoms with Crippen molar-refractivity contribution in [2.45, 2.75) is 4.79 Å². The van der Waals surface area contributed by atoms with Crippen LogP contribution in [0.3, 0.4) is 0 Å². The van der Waals surface area contributed by atoms with Crippen LogP contribution in [0.4, 0.5) is 0 Å². The second-order valence-corrected chi connectivity index (χ2v) is 32.4. The first-order chi connectivity index (χ1) is 18.5. The maximum atomic E-state index is 7.51. The highest BCUT2D eigenvalue weighted by molar-refractivity contribution is 7.79. The van der Waals surface area contributed by atoms with Crippen LogP contribution in [-0.2, 0) is 0 Å². The summed E-state index contributed by atoms with van der Waals surface area (Å²) in [6, 6.07) is 35.1. The molecule has 0 bridgehead atoms. The third kappa shape index (κ3) is 7.66. The summed E-state index contributed by atoms with van der Waals surface area (Å²) in [5, 5.41) is 1.37. The van der Waals surface area contributed by atoms with Crippen LogP contribution in [-0.4, -0.2) is 19.4 Å². The lowest BCUT2D eigenvalue weighted by atomic mass is 10.1. The van der Waals surface area contributed by atoms with E-state index in [1.54, 1.807) is 0 Å². The molecule has 0 saturated carbocycles. The average Bonchev–Trinajstić information content (AvgIpc) is 2.91. The molecule has 0 fully saturated rings. The van der Waals surface area contributed by atoms with E-state index in [0.29, 0.717) is 10.4 Å². The molecule has 0 unspecified atom stereocenters. The van der Waals surface area contributed by atoms with Crippen molar-refractivity contribution >= 4 is 119 Å². The maximum Gasteiger partial charge on any atom is 0.344 e. The third-order valence-corrected chi connectivity index (χ3v) is 33.1. The molecule has 0 saturated heterocycles. The van der Waals surface area contributed by atoms with Gasteiger partial charge in [-0.3, -0.25) is 0 Å². The summed E-state index contributed by atoms with van der Waals surface area (Å²) in [7, 11) is 0. The van der Waals surface area contributed by atoms with Gasteiger partial charge in [-0.25, -0.2) is 0 Å². The largest absolute Gasteiger partial charge is 0.344 e. The Morgan fingerprint density at radius 2 is 0.718 bits per heavy atom. The number of benzene rings is 4. The molecule has 200 valence electrons. The van der Waals surface area contributed by atoms with Gasteiger partial charge in [-0.1, -0.05) is 133 Å². The fourth-order valence-corrected chi connectivity index (χ4v) is 44.4. The molecule has 10 heteroatoms. The van der Waals surface area contributed by atoms with Crippen LogP contribution in [0.1, 0.15) is 22.3 Å². The van der Waals surface area contributed by atoms with Gasteiger partial charge < -0.3 is 0 Å². The van der Waals surface area contributed by atoms with Crippen LogP contribution in [0, 0.1) is 0 Å². The van der Waals surface area contributed by atoms with Crippen LogP contribution >= 0.6 is 77.6 Å². The van der Waals surface area contributed by atoms with E-state index in [4.69, 9.17) is 77.6 Å². The summed E-state index contributed by atoms with van der Waals surface area (Å²) in [5.41, 5.74) is 3.49. The normalized spacial score (nSPS) is 14.2. The molecule has 0 aliphatic rings. The highest BCUT2D eigenvalue weighted by Gasteiger charge is 2.65. The van der Waals surface area contributed by atoms with Gasteiger partial charge >= 0.3 is 6.00 Å². The van der Waals surface area contributed by atoms with Crippen LogP contribution < -0.4 is 0 Å². The van der Waals surface area contributed by atoms with Crippen molar-refractivity contribution in [2.24, 2.45) is 0 Å². The molecule has 4 rings (SSSR count). The van der Waals surface area contributed by atoms with Gasteiger partial charge in [-0.2, -0.15) is 0 Å². The first-order valence-electron chi connectivity index (χ1n) is 12.0. The van der Waals surface area contributed by atoms with Crippen LogP contribution in [0.5, 0.6) is 0 Å². The van der Waals surface area contributed by atoms with Crippen molar-refractivity contribution in [3.63, 3.8) is 0 Å². The molecule has 0 atom stereocenters. The van der Waals surface area contributed by atoms with Crippen LogP contribution in [0.15, 0.2) is 121 Å². The van der Waals surface area contributed by atoms with Gasteiger partial charge in [0.15, 0.2) is 0 Å². The molecule has 0 radical (unpaired) electrons. The highest BCUT2D eigenvalue weighted by atomic mass is 35.8. The van der Waals surface area contributed by atoms with Crippen molar-refractivity contribution in [2.75, 3.05) is 0 Å². The van der Waals surface area contributed by atoms with E-state index in [9.17, 15) is 0 Å². The molecule has 0 N–H and O–H groups in total. The molecule has 4 aromatic carbocycles. The van der Waals surface area contributed by atoms with Gasteiger partial charge in [-0.15, -0.1) is 77.6 Å². The van der Waals surface area contributed by atoms with Gasteiger partial charge in [0, 0.05) is 4.79 Å². The zero-order valence-corrected chi connectivity index (χ0v) is 28.7. The number of halogens is 7. The van der Waals surface area contributed by atoms with E-state index < -0.39 is 24.2 Å². The number of hydrogen-bond acceptors (Lipinski definition) is 0. The Kier molecular flexibility index (Phi) is 10.6. The van der Waals surface area contributed by atoms with Gasteiger partial charge in [0.2, 0.25) is 0 Å². The van der Waals surface area contributed by atoms with Crippen molar-refractivity contribution in [1.82, 2.24) is 0 Å². The summed E-state index contributed by atoms with van der Waals surface area (Å²) < 4.78 is 0. The molecule has 39 heavy (non-hydrogen) atoms. The Balaban J connectivity index is 1.96. The standard InChI is InChI=1S/C29H23Cl7Si3/c30-37(31,27(25-17-9-3-10-18-25)21-23-13-5-1-6-14-23)29(39(34,35)36)38(32,33)28(26-19-11-4-12-20-26)22-24-15-7-2-8-16-24/h1-22,29H. The molecule has 4 aromatic rings. The Morgan fingerprint density at radius 1 is 0.436 bits per heavy atom. The zero-order chi connectivity index (χ0) is 28.1. The third-order valence-electron chi connectivity index (χ3n) is 6.16. The lowest BCUT2D eigenvalue weighted by Gasteiger charge is -2.40. The molecule has 0 amide bonds. The second-order valence-electron chi connectivity index (χ2n) is 8.89. The highest BCUT2D eigenvalue weighted by Crippen LogP contribution is 2.59. The quantitative estimate of drug-likeness (QED) is 0.0925. The van der Waals surface area contributed by atoms with E-state index in [-0.39, 0.29) is 0 Å². The van der Waals surface area contributed by atoms with Gasteiger partial charge in [0.1, 0.15) is 0 Å². The second kappa shape index (κ2) is 13.3. The zero-order valence-electron chi connectivity index (χ0n) is 20.4. The maximum absolute atomic E-state index is 7.51. The van der Waals surface area contributed by atoms with Crippen molar-refractivity contribution < 1.29 is 0 Å². The smallest absolute Gasteiger partial charge is 0.140 e. The van der Waals surface area contributed by atoms with E-state index in [2.05, 4.69) is 0 Å².